The molecule has 0 radical (unpaired) electrons. The maximum atomic E-state index is 12.7. The molecule has 1 fully saturated rings. The van der Waals surface area contributed by atoms with Crippen LogP contribution >= 0.6 is 11.6 Å². The van der Waals surface area contributed by atoms with Crippen molar-refractivity contribution in [3.8, 4) is 5.75 Å². The number of nitro groups is 1. The predicted octanol–water partition coefficient (Wildman–Crippen LogP) is 3.78. The summed E-state index contributed by atoms with van der Waals surface area (Å²) >= 11 is 6.20. The molecule has 0 spiro atoms. The number of rotatable bonds is 6. The fourth-order valence-electron chi connectivity index (χ4n) is 3.17. The quantitative estimate of drug-likeness (QED) is 0.600. The molecule has 1 unspecified atom stereocenters. The molecule has 2 aromatic rings. The van der Waals surface area contributed by atoms with Gasteiger partial charge in [-0.05, 0) is 36.6 Å². The molecule has 1 amide bonds. The third kappa shape index (κ3) is 4.14. The van der Waals surface area contributed by atoms with E-state index in [1.165, 1.54) is 12.1 Å². The SMILES string of the molecule is COc1ccc(CN2CCC(Nc3c(C)cc([N+](=O)[O-])cc3Cl)C2=O)cc1. The van der Waals surface area contributed by atoms with Crippen molar-refractivity contribution in [2.75, 3.05) is 19.0 Å². The van der Waals surface area contributed by atoms with Gasteiger partial charge < -0.3 is 15.0 Å². The number of amides is 1. The second kappa shape index (κ2) is 7.84. The number of non-ortho nitro benzene ring substituents is 1. The minimum Gasteiger partial charge on any atom is -0.497 e. The third-order valence-electron chi connectivity index (χ3n) is 4.63. The van der Waals surface area contributed by atoms with Gasteiger partial charge in [0.15, 0.2) is 0 Å². The number of aryl methyl sites for hydroxylation is 1. The molecule has 1 saturated heterocycles. The maximum Gasteiger partial charge on any atom is 0.271 e. The lowest BCUT2D eigenvalue weighted by atomic mass is 10.1. The number of hydrogen-bond acceptors (Lipinski definition) is 5. The highest BCUT2D eigenvalue weighted by Gasteiger charge is 2.32. The van der Waals surface area contributed by atoms with E-state index in [-0.39, 0.29) is 16.6 Å². The lowest BCUT2D eigenvalue weighted by Crippen LogP contribution is -2.33. The zero-order valence-corrected chi connectivity index (χ0v) is 15.8. The largest absolute Gasteiger partial charge is 0.497 e. The average molecular weight is 390 g/mol. The van der Waals surface area contributed by atoms with Gasteiger partial charge in [0, 0.05) is 25.2 Å². The number of nitrogens with zero attached hydrogens (tertiary/aromatic N) is 2. The number of nitro benzene ring substituents is 1. The number of benzene rings is 2. The number of anilines is 1. The molecule has 1 heterocycles. The second-order valence-electron chi connectivity index (χ2n) is 6.47. The van der Waals surface area contributed by atoms with Crippen molar-refractivity contribution in [3.63, 3.8) is 0 Å². The van der Waals surface area contributed by atoms with Gasteiger partial charge in [-0.25, -0.2) is 0 Å². The van der Waals surface area contributed by atoms with Crippen LogP contribution in [0, 0.1) is 17.0 Å². The minimum absolute atomic E-state index is 0.0142. The zero-order valence-electron chi connectivity index (χ0n) is 15.1. The Labute approximate surface area is 162 Å². The van der Waals surface area contributed by atoms with Crippen LogP contribution < -0.4 is 10.1 Å². The van der Waals surface area contributed by atoms with E-state index in [0.717, 1.165) is 11.3 Å². The van der Waals surface area contributed by atoms with Crippen molar-refractivity contribution in [2.24, 2.45) is 0 Å². The molecule has 0 aromatic heterocycles. The van der Waals surface area contributed by atoms with Crippen LogP contribution in [-0.2, 0) is 11.3 Å². The molecule has 142 valence electrons. The van der Waals surface area contributed by atoms with Gasteiger partial charge in [0.25, 0.3) is 5.69 Å². The molecular formula is C19H20ClN3O4. The molecule has 1 N–H and O–H groups in total. The van der Waals surface area contributed by atoms with E-state index < -0.39 is 11.0 Å². The molecule has 1 atom stereocenters. The average Bonchev–Trinajstić information content (AvgIpc) is 2.98. The Bertz CT molecular complexity index is 847. The van der Waals surface area contributed by atoms with Crippen molar-refractivity contribution < 1.29 is 14.5 Å². The summed E-state index contributed by atoms with van der Waals surface area (Å²) in [5.74, 6) is 0.758. The van der Waals surface area contributed by atoms with Gasteiger partial charge in [0.2, 0.25) is 5.91 Å². The van der Waals surface area contributed by atoms with Crippen LogP contribution in [0.3, 0.4) is 0 Å². The number of halogens is 1. The number of ether oxygens (including phenoxy) is 1. The lowest BCUT2D eigenvalue weighted by Gasteiger charge is -2.19. The molecule has 0 saturated carbocycles. The monoisotopic (exact) mass is 389 g/mol. The summed E-state index contributed by atoms with van der Waals surface area (Å²) in [7, 11) is 1.61. The van der Waals surface area contributed by atoms with Crippen molar-refractivity contribution in [3.05, 3.63) is 62.7 Å². The first-order valence-corrected chi connectivity index (χ1v) is 8.89. The number of carbonyl (C=O) groups excluding carboxylic acids is 1. The summed E-state index contributed by atoms with van der Waals surface area (Å²) in [6, 6.07) is 9.95. The summed E-state index contributed by atoms with van der Waals surface area (Å²) in [4.78, 5) is 25.0. The standard InChI is InChI=1S/C19H20ClN3O4/c1-12-9-14(23(25)26)10-16(20)18(12)21-17-7-8-22(19(17)24)11-13-3-5-15(27-2)6-4-13/h3-6,9-10,17,21H,7-8,11H2,1-2H3. The Balaban J connectivity index is 1.69. The highest BCUT2D eigenvalue weighted by molar-refractivity contribution is 6.33. The third-order valence-corrected chi connectivity index (χ3v) is 4.93. The van der Waals surface area contributed by atoms with E-state index >= 15 is 0 Å². The molecule has 0 bridgehead atoms. The Morgan fingerprint density at radius 1 is 1.33 bits per heavy atom. The van der Waals surface area contributed by atoms with Gasteiger partial charge in [-0.1, -0.05) is 23.7 Å². The van der Waals surface area contributed by atoms with Gasteiger partial charge in [-0.2, -0.15) is 0 Å². The Morgan fingerprint density at radius 2 is 2.04 bits per heavy atom. The van der Waals surface area contributed by atoms with Crippen molar-refractivity contribution >= 4 is 28.9 Å². The molecular weight excluding hydrogens is 370 g/mol. The molecule has 1 aliphatic heterocycles. The fraction of sp³-hybridized carbons (Fsp3) is 0.316. The summed E-state index contributed by atoms with van der Waals surface area (Å²) in [6.07, 6.45) is 0.641. The molecule has 27 heavy (non-hydrogen) atoms. The van der Waals surface area contributed by atoms with Crippen molar-refractivity contribution in [2.45, 2.75) is 25.9 Å². The van der Waals surface area contributed by atoms with E-state index in [4.69, 9.17) is 16.3 Å². The zero-order chi connectivity index (χ0) is 19.6. The number of nitrogens with one attached hydrogen (secondary N) is 1. The van der Waals surface area contributed by atoms with Crippen LogP contribution in [0.5, 0.6) is 5.75 Å². The van der Waals surface area contributed by atoms with Crippen LogP contribution in [-0.4, -0.2) is 35.4 Å². The molecule has 1 aliphatic rings. The highest BCUT2D eigenvalue weighted by Crippen LogP contribution is 2.32. The summed E-state index contributed by atoms with van der Waals surface area (Å²) in [6.45, 7) is 2.88. The molecule has 3 rings (SSSR count). The van der Waals surface area contributed by atoms with Crippen LogP contribution in [0.1, 0.15) is 17.5 Å². The van der Waals surface area contributed by atoms with E-state index in [9.17, 15) is 14.9 Å². The van der Waals surface area contributed by atoms with Crippen molar-refractivity contribution in [1.82, 2.24) is 4.90 Å². The number of likely N-dealkylation sites (tertiary alicyclic amines) is 1. The normalized spacial score (nSPS) is 16.5. The van der Waals surface area contributed by atoms with Crippen LogP contribution in [0.2, 0.25) is 5.02 Å². The van der Waals surface area contributed by atoms with Gasteiger partial charge in [-0.3, -0.25) is 14.9 Å². The van der Waals surface area contributed by atoms with Gasteiger partial charge in [0.1, 0.15) is 11.8 Å². The number of methoxy groups -OCH3 is 1. The van der Waals surface area contributed by atoms with Crippen molar-refractivity contribution in [1.29, 1.82) is 0 Å². The van der Waals surface area contributed by atoms with E-state index in [1.807, 2.05) is 24.3 Å². The summed E-state index contributed by atoms with van der Waals surface area (Å²) < 4.78 is 5.14. The van der Waals surface area contributed by atoms with Gasteiger partial charge in [0.05, 0.1) is 22.7 Å². The van der Waals surface area contributed by atoms with E-state index in [2.05, 4.69) is 5.32 Å². The number of hydrogen-bond donors (Lipinski definition) is 1. The van der Waals surface area contributed by atoms with E-state index in [1.54, 1.807) is 18.9 Å². The van der Waals surface area contributed by atoms with E-state index in [0.29, 0.717) is 30.8 Å². The summed E-state index contributed by atoms with van der Waals surface area (Å²) in [5, 5.41) is 14.3. The smallest absolute Gasteiger partial charge is 0.271 e. The summed E-state index contributed by atoms with van der Waals surface area (Å²) in [5.41, 5.74) is 2.15. The Kier molecular flexibility index (Phi) is 5.51. The second-order valence-corrected chi connectivity index (χ2v) is 6.88. The Hall–Kier alpha value is -2.80. The lowest BCUT2D eigenvalue weighted by molar-refractivity contribution is -0.384. The molecule has 2 aromatic carbocycles. The maximum absolute atomic E-state index is 12.7. The predicted molar refractivity (Wildman–Crippen MR) is 103 cm³/mol. The Morgan fingerprint density at radius 3 is 2.63 bits per heavy atom. The molecule has 7 nitrogen and oxygen atoms in total. The molecule has 0 aliphatic carbocycles. The highest BCUT2D eigenvalue weighted by atomic mass is 35.5. The molecule has 8 heteroatoms. The van der Waals surface area contributed by atoms with Gasteiger partial charge in [-0.15, -0.1) is 0 Å². The first-order valence-electron chi connectivity index (χ1n) is 8.52. The van der Waals surface area contributed by atoms with Gasteiger partial charge >= 0.3 is 0 Å². The topological polar surface area (TPSA) is 84.7 Å². The van der Waals surface area contributed by atoms with Crippen LogP contribution in [0.15, 0.2) is 36.4 Å². The first-order chi connectivity index (χ1) is 12.9. The minimum atomic E-state index is -0.486. The first kappa shape index (κ1) is 19.0. The number of carbonyl (C=O) groups is 1. The fourth-order valence-corrected chi connectivity index (χ4v) is 3.49. The van der Waals surface area contributed by atoms with Crippen LogP contribution in [0.4, 0.5) is 11.4 Å². The van der Waals surface area contributed by atoms with Crippen LogP contribution in [0.25, 0.3) is 0 Å².